The van der Waals surface area contributed by atoms with Crippen LogP contribution in [0.4, 0.5) is 0 Å². The summed E-state index contributed by atoms with van der Waals surface area (Å²) in [5, 5.41) is 1.28. The lowest BCUT2D eigenvalue weighted by Crippen LogP contribution is -1.93. The van der Waals surface area contributed by atoms with Crippen LogP contribution in [0.1, 0.15) is 25.5 Å². The smallest absolute Gasteiger partial charge is 0.0522 e. The molecule has 2 heteroatoms. The summed E-state index contributed by atoms with van der Waals surface area (Å²) in [7, 11) is 2.06. The van der Waals surface area contributed by atoms with E-state index in [0.717, 1.165) is 0 Å². The van der Waals surface area contributed by atoms with Gasteiger partial charge in [-0.15, -0.1) is 0 Å². The summed E-state index contributed by atoms with van der Waals surface area (Å²) in [6.07, 6.45) is 3.97. The van der Waals surface area contributed by atoms with Crippen molar-refractivity contribution in [2.75, 3.05) is 0 Å². The van der Waals surface area contributed by atoms with Crippen LogP contribution in [0.15, 0.2) is 24.5 Å². The van der Waals surface area contributed by atoms with E-state index in [0.29, 0.717) is 5.92 Å². The average Bonchev–Trinajstić information content (AvgIpc) is 2.48. The van der Waals surface area contributed by atoms with E-state index in [9.17, 15) is 0 Å². The highest BCUT2D eigenvalue weighted by molar-refractivity contribution is 5.82. The van der Waals surface area contributed by atoms with E-state index < -0.39 is 0 Å². The lowest BCUT2D eigenvalue weighted by molar-refractivity contribution is 0.834. The molecule has 0 aliphatic rings. The highest BCUT2D eigenvalue weighted by Gasteiger charge is 2.07. The van der Waals surface area contributed by atoms with Gasteiger partial charge in [-0.05, 0) is 18.1 Å². The van der Waals surface area contributed by atoms with Crippen molar-refractivity contribution in [3.05, 3.63) is 30.2 Å². The van der Waals surface area contributed by atoms with Gasteiger partial charge in [0.1, 0.15) is 0 Å². The SMILES string of the molecule is CC(C)c1nccc2c1ccn2C. The van der Waals surface area contributed by atoms with Gasteiger partial charge in [-0.2, -0.15) is 0 Å². The number of pyridine rings is 1. The van der Waals surface area contributed by atoms with Gasteiger partial charge in [-0.3, -0.25) is 4.98 Å². The van der Waals surface area contributed by atoms with Gasteiger partial charge in [0, 0.05) is 24.8 Å². The molecule has 0 bridgehead atoms. The Kier molecular flexibility index (Phi) is 1.83. The van der Waals surface area contributed by atoms with E-state index in [-0.39, 0.29) is 0 Å². The minimum Gasteiger partial charge on any atom is -0.350 e. The fraction of sp³-hybridized carbons (Fsp3) is 0.364. The molecule has 68 valence electrons. The quantitative estimate of drug-likeness (QED) is 0.650. The van der Waals surface area contributed by atoms with E-state index in [4.69, 9.17) is 0 Å². The van der Waals surface area contributed by atoms with Crippen LogP contribution in [-0.2, 0) is 7.05 Å². The molecule has 0 N–H and O–H groups in total. The van der Waals surface area contributed by atoms with Crippen molar-refractivity contribution in [2.24, 2.45) is 7.05 Å². The first kappa shape index (κ1) is 8.30. The topological polar surface area (TPSA) is 17.8 Å². The Bertz CT molecular complexity index is 427. The molecule has 0 aromatic carbocycles. The van der Waals surface area contributed by atoms with Crippen molar-refractivity contribution in [1.82, 2.24) is 9.55 Å². The van der Waals surface area contributed by atoms with Gasteiger partial charge < -0.3 is 4.57 Å². The molecule has 0 spiro atoms. The third-order valence-electron chi connectivity index (χ3n) is 2.39. The second-order valence-electron chi connectivity index (χ2n) is 3.71. The first-order valence-electron chi connectivity index (χ1n) is 4.60. The van der Waals surface area contributed by atoms with Gasteiger partial charge in [-0.1, -0.05) is 13.8 Å². The molecular formula is C11H14N2. The van der Waals surface area contributed by atoms with Crippen LogP contribution >= 0.6 is 0 Å². The van der Waals surface area contributed by atoms with Crippen molar-refractivity contribution in [2.45, 2.75) is 19.8 Å². The van der Waals surface area contributed by atoms with E-state index >= 15 is 0 Å². The summed E-state index contributed by atoms with van der Waals surface area (Å²) >= 11 is 0. The normalized spacial score (nSPS) is 11.4. The molecule has 0 radical (unpaired) electrons. The molecule has 0 fully saturated rings. The van der Waals surface area contributed by atoms with Crippen molar-refractivity contribution < 1.29 is 0 Å². The van der Waals surface area contributed by atoms with Gasteiger partial charge in [0.25, 0.3) is 0 Å². The Labute approximate surface area is 78.2 Å². The van der Waals surface area contributed by atoms with Crippen molar-refractivity contribution in [3.8, 4) is 0 Å². The van der Waals surface area contributed by atoms with Gasteiger partial charge >= 0.3 is 0 Å². The summed E-state index contributed by atoms with van der Waals surface area (Å²) in [6.45, 7) is 4.35. The molecule has 2 nitrogen and oxygen atoms in total. The van der Waals surface area contributed by atoms with Crippen LogP contribution in [-0.4, -0.2) is 9.55 Å². The largest absolute Gasteiger partial charge is 0.350 e. The lowest BCUT2D eigenvalue weighted by Gasteiger charge is -2.05. The van der Waals surface area contributed by atoms with Crippen molar-refractivity contribution in [3.63, 3.8) is 0 Å². The number of hydrogen-bond acceptors (Lipinski definition) is 1. The maximum Gasteiger partial charge on any atom is 0.0522 e. The van der Waals surface area contributed by atoms with Crippen LogP contribution in [0.2, 0.25) is 0 Å². The van der Waals surface area contributed by atoms with Crippen LogP contribution < -0.4 is 0 Å². The predicted octanol–water partition coefficient (Wildman–Crippen LogP) is 2.70. The Balaban J connectivity index is 2.77. The van der Waals surface area contributed by atoms with E-state index in [2.05, 4.69) is 48.8 Å². The molecule has 13 heavy (non-hydrogen) atoms. The zero-order valence-electron chi connectivity index (χ0n) is 8.28. The van der Waals surface area contributed by atoms with E-state index in [1.807, 2.05) is 6.20 Å². The molecule has 2 aromatic rings. The molecule has 0 amide bonds. The highest BCUT2D eigenvalue weighted by Crippen LogP contribution is 2.23. The molecule has 0 saturated carbocycles. The zero-order chi connectivity index (χ0) is 9.42. The van der Waals surface area contributed by atoms with Crippen molar-refractivity contribution in [1.29, 1.82) is 0 Å². The number of aryl methyl sites for hydroxylation is 1. The molecule has 2 rings (SSSR count). The number of nitrogens with zero attached hydrogens (tertiary/aromatic N) is 2. The number of hydrogen-bond donors (Lipinski definition) is 0. The molecule has 0 atom stereocenters. The molecule has 0 unspecified atom stereocenters. The Morgan fingerprint density at radius 1 is 1.31 bits per heavy atom. The number of aromatic nitrogens is 2. The standard InChI is InChI=1S/C11H14N2/c1-8(2)11-9-5-7-13(3)10(9)4-6-12-11/h4-8H,1-3H3. The summed E-state index contributed by atoms with van der Waals surface area (Å²) in [5.74, 6) is 0.492. The first-order chi connectivity index (χ1) is 6.20. The van der Waals surface area contributed by atoms with Crippen molar-refractivity contribution >= 4 is 10.9 Å². The Morgan fingerprint density at radius 3 is 2.77 bits per heavy atom. The lowest BCUT2D eigenvalue weighted by atomic mass is 10.1. The minimum absolute atomic E-state index is 0.492. The van der Waals surface area contributed by atoms with Crippen LogP contribution in [0.3, 0.4) is 0 Å². The number of fused-ring (bicyclic) bond motifs is 1. The van der Waals surface area contributed by atoms with Crippen LogP contribution in [0.25, 0.3) is 10.9 Å². The Morgan fingerprint density at radius 2 is 2.08 bits per heavy atom. The van der Waals surface area contributed by atoms with Gasteiger partial charge in [0.2, 0.25) is 0 Å². The fourth-order valence-corrected chi connectivity index (χ4v) is 1.68. The second kappa shape index (κ2) is 2.87. The molecule has 2 heterocycles. The van der Waals surface area contributed by atoms with Gasteiger partial charge in [-0.25, -0.2) is 0 Å². The molecule has 0 saturated heterocycles. The maximum atomic E-state index is 4.41. The van der Waals surface area contributed by atoms with Gasteiger partial charge in [0.05, 0.1) is 11.2 Å². The molecular weight excluding hydrogens is 160 g/mol. The monoisotopic (exact) mass is 174 g/mol. The highest BCUT2D eigenvalue weighted by atomic mass is 14.9. The van der Waals surface area contributed by atoms with E-state index in [1.54, 1.807) is 0 Å². The third kappa shape index (κ3) is 1.22. The number of rotatable bonds is 1. The molecule has 2 aromatic heterocycles. The first-order valence-corrected chi connectivity index (χ1v) is 4.60. The Hall–Kier alpha value is -1.31. The van der Waals surface area contributed by atoms with E-state index in [1.165, 1.54) is 16.6 Å². The predicted molar refractivity (Wildman–Crippen MR) is 54.8 cm³/mol. The summed E-state index contributed by atoms with van der Waals surface area (Å²) in [6, 6.07) is 4.19. The summed E-state index contributed by atoms with van der Waals surface area (Å²) in [4.78, 5) is 4.41. The van der Waals surface area contributed by atoms with Gasteiger partial charge in [0.15, 0.2) is 0 Å². The van der Waals surface area contributed by atoms with Crippen LogP contribution in [0.5, 0.6) is 0 Å². The fourth-order valence-electron chi connectivity index (χ4n) is 1.68. The third-order valence-corrected chi connectivity index (χ3v) is 2.39. The molecule has 0 aliphatic carbocycles. The van der Waals surface area contributed by atoms with Crippen LogP contribution in [0, 0.1) is 0 Å². The molecule has 0 aliphatic heterocycles. The average molecular weight is 174 g/mol. The second-order valence-corrected chi connectivity index (χ2v) is 3.71. The summed E-state index contributed by atoms with van der Waals surface area (Å²) in [5.41, 5.74) is 2.46. The summed E-state index contributed by atoms with van der Waals surface area (Å²) < 4.78 is 2.13. The minimum atomic E-state index is 0.492. The maximum absolute atomic E-state index is 4.41. The zero-order valence-corrected chi connectivity index (χ0v) is 8.28.